The molecule has 1 aromatic heterocycles. The van der Waals surface area contributed by atoms with Gasteiger partial charge in [0.1, 0.15) is 0 Å². The number of nitrogens with two attached hydrogens (primary N) is 2. The van der Waals surface area contributed by atoms with Gasteiger partial charge in [0.05, 0.1) is 17.2 Å². The Labute approximate surface area is 70.4 Å². The van der Waals surface area contributed by atoms with Crippen molar-refractivity contribution in [3.63, 3.8) is 0 Å². The van der Waals surface area contributed by atoms with E-state index in [0.717, 1.165) is 0 Å². The number of hydrogen-bond donors (Lipinski definition) is 3. The van der Waals surface area contributed by atoms with E-state index in [9.17, 15) is 0 Å². The fourth-order valence-corrected chi connectivity index (χ4v) is 0.763. The van der Waals surface area contributed by atoms with Gasteiger partial charge in [-0.25, -0.2) is 0 Å². The molecular weight excluding hydrogens is 152 g/mol. The minimum absolute atomic E-state index is 0.116. The van der Waals surface area contributed by atoms with Crippen LogP contribution in [-0.2, 0) is 0 Å². The summed E-state index contributed by atoms with van der Waals surface area (Å²) >= 11 is 0. The van der Waals surface area contributed by atoms with Gasteiger partial charge in [-0.15, -0.1) is 0 Å². The maximum absolute atomic E-state index is 7.46. The average Bonchev–Trinajstić information content (AvgIpc) is 2.05. The van der Waals surface area contributed by atoms with Gasteiger partial charge in [-0.2, -0.15) is 0 Å². The maximum atomic E-state index is 7.46. The third-order valence-electron chi connectivity index (χ3n) is 1.25. The molecule has 0 saturated heterocycles. The first-order valence-corrected chi connectivity index (χ1v) is 3.43. The Morgan fingerprint density at radius 1 is 1.42 bits per heavy atom. The minimum Gasteiger partial charge on any atom is -0.386 e. The zero-order chi connectivity index (χ0) is 8.97. The quantitative estimate of drug-likeness (QED) is 0.543. The highest BCUT2D eigenvalue weighted by atomic mass is 14.8. The zero-order valence-electron chi connectivity index (χ0n) is 6.49. The summed E-state index contributed by atoms with van der Waals surface area (Å²) in [6, 6.07) is 5.31. The van der Waals surface area contributed by atoms with Crippen molar-refractivity contribution in [2.24, 2.45) is 11.5 Å². The Kier molecular flexibility index (Phi) is 2.42. The number of hydrogen-bond acceptors (Lipinski definition) is 4. The van der Waals surface area contributed by atoms with Gasteiger partial charge < -0.3 is 11.5 Å². The van der Waals surface area contributed by atoms with E-state index in [4.69, 9.17) is 16.9 Å². The van der Waals surface area contributed by atoms with Crippen LogP contribution in [0.2, 0.25) is 0 Å². The summed E-state index contributed by atoms with van der Waals surface area (Å²) in [5.74, 6) is 0.116. The van der Waals surface area contributed by atoms with Gasteiger partial charge in [-0.3, -0.25) is 10.4 Å². The minimum atomic E-state index is 0.116. The summed E-state index contributed by atoms with van der Waals surface area (Å²) in [6.07, 6.45) is 2.98. The van der Waals surface area contributed by atoms with Crippen LogP contribution in [-0.4, -0.2) is 10.7 Å². The molecule has 4 heteroatoms. The molecule has 0 bridgehead atoms. The first-order valence-electron chi connectivity index (χ1n) is 3.43. The van der Waals surface area contributed by atoms with Crippen molar-refractivity contribution in [3.05, 3.63) is 42.0 Å². The van der Waals surface area contributed by atoms with Crippen LogP contribution in [0.15, 0.2) is 36.3 Å². The fraction of sp³-hybridized carbons (Fsp3) is 0. The van der Waals surface area contributed by atoms with Crippen LogP contribution in [0.25, 0.3) is 0 Å². The van der Waals surface area contributed by atoms with Crippen molar-refractivity contribution < 1.29 is 0 Å². The number of nitrogens with zero attached hydrogens (tertiary/aromatic N) is 1. The Morgan fingerprint density at radius 3 is 2.67 bits per heavy atom. The van der Waals surface area contributed by atoms with Gasteiger partial charge in [0.25, 0.3) is 0 Å². The number of pyridine rings is 1. The van der Waals surface area contributed by atoms with Gasteiger partial charge in [-0.05, 0) is 12.1 Å². The van der Waals surface area contributed by atoms with E-state index in [1.807, 2.05) is 0 Å². The second kappa shape index (κ2) is 3.52. The summed E-state index contributed by atoms with van der Waals surface area (Å²) in [5, 5.41) is 7.46. The molecule has 0 aromatic carbocycles. The van der Waals surface area contributed by atoms with E-state index in [0.29, 0.717) is 5.69 Å². The van der Waals surface area contributed by atoms with E-state index < -0.39 is 0 Å². The molecule has 0 radical (unpaired) electrons. The van der Waals surface area contributed by atoms with E-state index in [2.05, 4.69) is 4.98 Å². The van der Waals surface area contributed by atoms with Crippen molar-refractivity contribution in [2.75, 3.05) is 0 Å². The molecule has 4 nitrogen and oxygen atoms in total. The first kappa shape index (κ1) is 8.26. The summed E-state index contributed by atoms with van der Waals surface area (Å²) in [7, 11) is 0. The molecular formula is C8H10N4. The monoisotopic (exact) mass is 162 g/mol. The molecule has 62 valence electrons. The van der Waals surface area contributed by atoms with Crippen molar-refractivity contribution in [1.29, 1.82) is 5.41 Å². The predicted molar refractivity (Wildman–Crippen MR) is 47.5 cm³/mol. The molecule has 0 aliphatic heterocycles. The second-order valence-corrected chi connectivity index (χ2v) is 2.27. The average molecular weight is 162 g/mol. The smallest absolute Gasteiger partial charge is 0.0955 e. The van der Waals surface area contributed by atoms with Gasteiger partial charge in [0.15, 0.2) is 0 Å². The van der Waals surface area contributed by atoms with Crippen molar-refractivity contribution in [3.8, 4) is 0 Å². The van der Waals surface area contributed by atoms with E-state index in [-0.39, 0.29) is 11.5 Å². The Morgan fingerprint density at radius 2 is 2.17 bits per heavy atom. The van der Waals surface area contributed by atoms with Gasteiger partial charge in [0, 0.05) is 12.3 Å². The fourth-order valence-electron chi connectivity index (χ4n) is 0.763. The van der Waals surface area contributed by atoms with Gasteiger partial charge in [0.2, 0.25) is 0 Å². The van der Waals surface area contributed by atoms with Crippen LogP contribution < -0.4 is 11.5 Å². The summed E-state index contributed by atoms with van der Waals surface area (Å²) < 4.78 is 0. The maximum Gasteiger partial charge on any atom is 0.0955 e. The van der Waals surface area contributed by atoms with E-state index in [1.54, 1.807) is 24.4 Å². The molecule has 12 heavy (non-hydrogen) atoms. The third kappa shape index (κ3) is 2.09. The van der Waals surface area contributed by atoms with Crippen LogP contribution in [0.3, 0.4) is 0 Å². The molecule has 0 saturated carbocycles. The van der Waals surface area contributed by atoms with Crippen LogP contribution in [0.5, 0.6) is 0 Å². The van der Waals surface area contributed by atoms with E-state index in [1.165, 1.54) is 6.08 Å². The topological polar surface area (TPSA) is 88.8 Å². The molecule has 0 atom stereocenters. The number of rotatable bonds is 2. The van der Waals surface area contributed by atoms with Crippen LogP contribution in [0, 0.1) is 5.41 Å². The highest BCUT2D eigenvalue weighted by molar-refractivity contribution is 6.05. The lowest BCUT2D eigenvalue weighted by Gasteiger charge is -1.96. The normalized spacial score (nSPS) is 9.00. The summed E-state index contributed by atoms with van der Waals surface area (Å²) in [6.45, 7) is 0. The van der Waals surface area contributed by atoms with Crippen LogP contribution in [0.4, 0.5) is 0 Å². The summed E-state index contributed by atoms with van der Waals surface area (Å²) in [4.78, 5) is 3.95. The Bertz CT molecular complexity index is 298. The lowest BCUT2D eigenvalue weighted by Crippen LogP contribution is -2.11. The van der Waals surface area contributed by atoms with E-state index >= 15 is 0 Å². The first-order chi connectivity index (χ1) is 5.70. The number of aromatic nitrogens is 1. The highest BCUT2D eigenvalue weighted by Crippen LogP contribution is 1.95. The van der Waals surface area contributed by atoms with Gasteiger partial charge in [-0.1, -0.05) is 6.07 Å². The molecule has 1 aromatic rings. The van der Waals surface area contributed by atoms with Crippen molar-refractivity contribution in [1.82, 2.24) is 4.98 Å². The van der Waals surface area contributed by atoms with Crippen molar-refractivity contribution >= 4 is 5.71 Å². The molecule has 5 N–H and O–H groups in total. The van der Waals surface area contributed by atoms with Crippen molar-refractivity contribution in [2.45, 2.75) is 0 Å². The molecule has 0 aliphatic rings. The van der Waals surface area contributed by atoms with Gasteiger partial charge >= 0.3 is 0 Å². The van der Waals surface area contributed by atoms with Crippen LogP contribution in [0.1, 0.15) is 5.69 Å². The lowest BCUT2D eigenvalue weighted by molar-refractivity contribution is 1.24. The summed E-state index contributed by atoms with van der Waals surface area (Å²) in [5.41, 5.74) is 11.2. The largest absolute Gasteiger partial charge is 0.386 e. The predicted octanol–water partition coefficient (Wildman–Crippen LogP) is 0.208. The molecule has 0 amide bonds. The lowest BCUT2D eigenvalue weighted by atomic mass is 10.2. The molecule has 1 rings (SSSR count). The Balaban J connectivity index is 2.87. The number of nitrogens with one attached hydrogen (secondary N) is 1. The molecule has 0 spiro atoms. The molecule has 1 heterocycles. The molecule has 0 aliphatic carbocycles. The molecule has 0 fully saturated rings. The highest BCUT2D eigenvalue weighted by Gasteiger charge is 1.97. The Hall–Kier alpha value is -1.84. The SMILES string of the molecule is N=C(C=C(N)N)c1ccccn1. The zero-order valence-corrected chi connectivity index (χ0v) is 6.49. The third-order valence-corrected chi connectivity index (χ3v) is 1.25. The standard InChI is InChI=1S/C8H10N4/c9-6(5-8(10)11)7-3-1-2-4-12-7/h1-5,9H,10-11H2. The molecule has 0 unspecified atom stereocenters. The number of allylic oxidation sites excluding steroid dienone is 1. The van der Waals surface area contributed by atoms with Crippen LogP contribution >= 0.6 is 0 Å². The second-order valence-electron chi connectivity index (χ2n) is 2.27.